The number of ether oxygens (including phenoxy) is 2. The van der Waals surface area contributed by atoms with E-state index in [0.29, 0.717) is 39.4 Å². The molecule has 1 aromatic heterocycles. The number of nitrogens with zero attached hydrogens (tertiary/aromatic N) is 4. The number of unbranched alkanes of at least 4 members (excludes halogenated alkanes) is 1. The molecule has 0 radical (unpaired) electrons. The van der Waals surface area contributed by atoms with Gasteiger partial charge in [0.15, 0.2) is 0 Å². The summed E-state index contributed by atoms with van der Waals surface area (Å²) in [7, 11) is 0. The summed E-state index contributed by atoms with van der Waals surface area (Å²) in [6.45, 7) is 5.33. The Labute approximate surface area is 206 Å². The van der Waals surface area contributed by atoms with E-state index in [2.05, 4.69) is 24.0 Å². The minimum Gasteiger partial charge on any atom is -0.449 e. The number of anilines is 1. The molecule has 4 heterocycles. The fraction of sp³-hybridized carbons (Fsp3) is 0.519. The highest BCUT2D eigenvalue weighted by molar-refractivity contribution is 5.69. The Hall–Kier alpha value is -3.29. The third-order valence-corrected chi connectivity index (χ3v) is 7.23. The first-order valence-electron chi connectivity index (χ1n) is 12.8. The zero-order valence-electron chi connectivity index (χ0n) is 20.4. The average molecular weight is 479 g/mol. The van der Waals surface area contributed by atoms with Crippen LogP contribution in [0.4, 0.5) is 15.4 Å². The molecule has 2 saturated heterocycles. The van der Waals surface area contributed by atoms with Gasteiger partial charge in [0.05, 0.1) is 13.2 Å². The molecule has 35 heavy (non-hydrogen) atoms. The molecule has 3 aliphatic heterocycles. The van der Waals surface area contributed by atoms with Crippen molar-refractivity contribution < 1.29 is 19.1 Å². The third kappa shape index (κ3) is 5.21. The zero-order chi connectivity index (χ0) is 24.2. The van der Waals surface area contributed by atoms with E-state index in [0.717, 1.165) is 54.7 Å². The van der Waals surface area contributed by atoms with Gasteiger partial charge in [0.2, 0.25) is 0 Å². The number of pyridine rings is 1. The number of piperazine rings is 1. The second-order valence-corrected chi connectivity index (χ2v) is 9.65. The normalized spacial score (nSPS) is 21.0. The maximum Gasteiger partial charge on any atom is 0.410 e. The Bertz CT molecular complexity index is 1030. The zero-order valence-corrected chi connectivity index (χ0v) is 20.4. The molecule has 2 amide bonds. The minimum absolute atomic E-state index is 0.235. The lowest BCUT2D eigenvalue weighted by atomic mass is 10.1. The Kier molecular flexibility index (Phi) is 7.06. The summed E-state index contributed by atoms with van der Waals surface area (Å²) in [6, 6.07) is 14.4. The molecule has 2 fully saturated rings. The lowest BCUT2D eigenvalue weighted by molar-refractivity contribution is 0.0879. The molecule has 8 heteroatoms. The van der Waals surface area contributed by atoms with Crippen LogP contribution >= 0.6 is 0 Å². The first-order chi connectivity index (χ1) is 17.1. The molecule has 8 nitrogen and oxygen atoms in total. The summed E-state index contributed by atoms with van der Waals surface area (Å²) < 4.78 is 11.0. The predicted molar refractivity (Wildman–Crippen MR) is 132 cm³/mol. The van der Waals surface area contributed by atoms with Crippen molar-refractivity contribution >= 4 is 18.0 Å². The molecular weight excluding hydrogens is 444 g/mol. The van der Waals surface area contributed by atoms with Gasteiger partial charge in [-0.3, -0.25) is 0 Å². The van der Waals surface area contributed by atoms with Gasteiger partial charge in [-0.1, -0.05) is 49.7 Å². The van der Waals surface area contributed by atoms with Crippen molar-refractivity contribution in [2.75, 3.05) is 31.1 Å². The standard InChI is InChI=1S/C27H34N4O4/c1-2-3-15-34-26(32)29-14-13-24-21(16-29)9-12-25(28-24)31-22-10-11-23(31)18-30(17-22)27(33)35-19-20-7-5-4-6-8-20/h4-9,12,22-23H,2-3,10-11,13-19H2,1H3. The highest BCUT2D eigenvalue weighted by atomic mass is 16.6. The molecule has 2 unspecified atom stereocenters. The van der Waals surface area contributed by atoms with E-state index in [4.69, 9.17) is 14.5 Å². The van der Waals surface area contributed by atoms with Crippen LogP contribution in [0.15, 0.2) is 42.5 Å². The number of fused-ring (bicyclic) bond motifs is 3. The van der Waals surface area contributed by atoms with Crippen LogP contribution in [-0.4, -0.2) is 65.3 Å². The second-order valence-electron chi connectivity index (χ2n) is 9.65. The highest BCUT2D eigenvalue weighted by Crippen LogP contribution is 2.35. The number of benzene rings is 1. The lowest BCUT2D eigenvalue weighted by Crippen LogP contribution is -2.56. The Morgan fingerprint density at radius 1 is 0.971 bits per heavy atom. The van der Waals surface area contributed by atoms with Crippen LogP contribution in [0, 0.1) is 0 Å². The molecule has 5 rings (SSSR count). The molecule has 1 aromatic carbocycles. The van der Waals surface area contributed by atoms with E-state index in [9.17, 15) is 9.59 Å². The molecule has 0 saturated carbocycles. The van der Waals surface area contributed by atoms with Crippen molar-refractivity contribution in [3.05, 3.63) is 59.3 Å². The van der Waals surface area contributed by atoms with Crippen molar-refractivity contribution in [1.29, 1.82) is 0 Å². The summed E-state index contributed by atoms with van der Waals surface area (Å²) in [4.78, 5) is 36.1. The van der Waals surface area contributed by atoms with Crippen molar-refractivity contribution in [3.8, 4) is 0 Å². The quantitative estimate of drug-likeness (QED) is 0.574. The molecule has 3 aliphatic rings. The maximum absolute atomic E-state index is 12.7. The third-order valence-electron chi connectivity index (χ3n) is 7.23. The average Bonchev–Trinajstić information content (AvgIpc) is 3.16. The SMILES string of the molecule is CCCCOC(=O)N1CCc2nc(N3C4CCC3CN(C(=O)OCc3ccccc3)C4)ccc2C1. The molecule has 0 spiro atoms. The largest absolute Gasteiger partial charge is 0.449 e. The lowest BCUT2D eigenvalue weighted by Gasteiger charge is -2.41. The summed E-state index contributed by atoms with van der Waals surface area (Å²) in [6.07, 6.45) is 4.24. The number of hydrogen-bond acceptors (Lipinski definition) is 6. The van der Waals surface area contributed by atoms with E-state index in [-0.39, 0.29) is 24.3 Å². The number of amides is 2. The summed E-state index contributed by atoms with van der Waals surface area (Å²) in [5, 5.41) is 0. The number of aromatic nitrogens is 1. The highest BCUT2D eigenvalue weighted by Gasteiger charge is 2.42. The first-order valence-corrected chi connectivity index (χ1v) is 12.8. The van der Waals surface area contributed by atoms with Crippen molar-refractivity contribution in [2.45, 2.75) is 64.3 Å². The molecular formula is C27H34N4O4. The summed E-state index contributed by atoms with van der Waals surface area (Å²) in [5.41, 5.74) is 3.14. The van der Waals surface area contributed by atoms with Crippen LogP contribution in [0.25, 0.3) is 0 Å². The molecule has 2 atom stereocenters. The Morgan fingerprint density at radius 2 is 1.71 bits per heavy atom. The number of carbonyl (C=O) groups excluding carboxylic acids is 2. The van der Waals surface area contributed by atoms with E-state index in [1.807, 2.05) is 35.2 Å². The molecule has 186 valence electrons. The van der Waals surface area contributed by atoms with Crippen LogP contribution in [0.3, 0.4) is 0 Å². The number of likely N-dealkylation sites (tertiary alicyclic amines) is 1. The second kappa shape index (κ2) is 10.5. The van der Waals surface area contributed by atoms with Gasteiger partial charge >= 0.3 is 12.2 Å². The van der Waals surface area contributed by atoms with Crippen LogP contribution in [0.1, 0.15) is 49.4 Å². The van der Waals surface area contributed by atoms with Gasteiger partial charge in [0.1, 0.15) is 12.4 Å². The van der Waals surface area contributed by atoms with E-state index in [1.54, 1.807) is 4.90 Å². The first kappa shape index (κ1) is 23.5. The topological polar surface area (TPSA) is 75.2 Å². The van der Waals surface area contributed by atoms with E-state index < -0.39 is 0 Å². The van der Waals surface area contributed by atoms with Crippen LogP contribution in [-0.2, 0) is 29.0 Å². The predicted octanol–water partition coefficient (Wildman–Crippen LogP) is 4.37. The van der Waals surface area contributed by atoms with Crippen molar-refractivity contribution in [2.24, 2.45) is 0 Å². The maximum atomic E-state index is 12.7. The van der Waals surface area contributed by atoms with Gasteiger partial charge in [0.25, 0.3) is 0 Å². The number of rotatable bonds is 6. The smallest absolute Gasteiger partial charge is 0.410 e. The van der Waals surface area contributed by atoms with Crippen molar-refractivity contribution in [3.63, 3.8) is 0 Å². The number of hydrogen-bond donors (Lipinski definition) is 0. The van der Waals surface area contributed by atoms with Gasteiger partial charge < -0.3 is 24.2 Å². The molecule has 0 aliphatic carbocycles. The van der Waals surface area contributed by atoms with Crippen molar-refractivity contribution in [1.82, 2.24) is 14.8 Å². The number of carbonyl (C=O) groups is 2. The van der Waals surface area contributed by atoms with E-state index >= 15 is 0 Å². The summed E-state index contributed by atoms with van der Waals surface area (Å²) in [5.74, 6) is 0.979. The van der Waals surface area contributed by atoms with Crippen LogP contribution in [0.5, 0.6) is 0 Å². The Balaban J connectivity index is 1.19. The molecule has 2 bridgehead atoms. The van der Waals surface area contributed by atoms with Gasteiger partial charge in [-0.15, -0.1) is 0 Å². The van der Waals surface area contributed by atoms with E-state index in [1.165, 1.54) is 0 Å². The fourth-order valence-corrected chi connectivity index (χ4v) is 5.34. The molecule has 0 N–H and O–H groups in total. The fourth-order valence-electron chi connectivity index (χ4n) is 5.34. The Morgan fingerprint density at radius 3 is 2.46 bits per heavy atom. The summed E-state index contributed by atoms with van der Waals surface area (Å²) >= 11 is 0. The monoisotopic (exact) mass is 478 g/mol. The van der Waals surface area contributed by atoms with Gasteiger partial charge in [-0.05, 0) is 36.5 Å². The van der Waals surface area contributed by atoms with Gasteiger partial charge in [-0.2, -0.15) is 0 Å². The van der Waals surface area contributed by atoms with Gasteiger partial charge in [-0.25, -0.2) is 14.6 Å². The molecule has 2 aromatic rings. The van der Waals surface area contributed by atoms with Crippen LogP contribution in [0.2, 0.25) is 0 Å². The van der Waals surface area contributed by atoms with Gasteiger partial charge in [0, 0.05) is 43.8 Å². The minimum atomic E-state index is -0.241. The van der Waals surface area contributed by atoms with Crippen LogP contribution < -0.4 is 4.90 Å².